The van der Waals surface area contributed by atoms with Gasteiger partial charge in [0.2, 0.25) is 0 Å². The van der Waals surface area contributed by atoms with Crippen molar-refractivity contribution in [3.05, 3.63) is 81.0 Å². The molecule has 0 unspecified atom stereocenters. The van der Waals surface area contributed by atoms with Crippen molar-refractivity contribution < 1.29 is 9.59 Å². The number of benzene rings is 2. The van der Waals surface area contributed by atoms with Gasteiger partial charge in [0.05, 0.1) is 21.3 Å². The van der Waals surface area contributed by atoms with Gasteiger partial charge in [0.25, 0.3) is 11.8 Å². The average molecular weight is 414 g/mol. The van der Waals surface area contributed by atoms with Crippen molar-refractivity contribution in [1.82, 2.24) is 5.32 Å². The molecule has 2 N–H and O–H groups in total. The molecule has 0 radical (unpaired) electrons. The van der Waals surface area contributed by atoms with Gasteiger partial charge < -0.3 is 15.5 Å². The van der Waals surface area contributed by atoms with Crippen LogP contribution in [-0.4, -0.2) is 25.9 Å². The first-order chi connectivity index (χ1) is 13.5. The van der Waals surface area contributed by atoms with Crippen molar-refractivity contribution in [3.63, 3.8) is 0 Å². The van der Waals surface area contributed by atoms with E-state index in [1.165, 1.54) is 11.3 Å². The molecule has 0 aliphatic heterocycles. The van der Waals surface area contributed by atoms with Crippen LogP contribution in [0.1, 0.15) is 25.6 Å². The molecule has 3 aromatic rings. The summed E-state index contributed by atoms with van der Waals surface area (Å²) in [6.07, 6.45) is 0. The largest absolute Gasteiger partial charge is 0.375 e. The molecule has 0 saturated heterocycles. The molecule has 0 spiro atoms. The fourth-order valence-electron chi connectivity index (χ4n) is 2.72. The Morgan fingerprint density at radius 2 is 1.75 bits per heavy atom. The molecule has 0 atom stereocenters. The third-order valence-corrected chi connectivity index (χ3v) is 5.27. The lowest BCUT2D eigenvalue weighted by atomic mass is 10.1. The fourth-order valence-corrected chi connectivity index (χ4v) is 3.70. The first kappa shape index (κ1) is 19.9. The minimum Gasteiger partial charge on any atom is -0.375 e. The molecule has 1 heterocycles. The van der Waals surface area contributed by atoms with Crippen LogP contribution in [0.4, 0.5) is 11.4 Å². The van der Waals surface area contributed by atoms with Gasteiger partial charge in [0.15, 0.2) is 0 Å². The predicted octanol–water partition coefficient (Wildman–Crippen LogP) is 4.65. The lowest BCUT2D eigenvalue weighted by molar-refractivity contribution is 0.0953. The molecule has 5 nitrogen and oxygen atoms in total. The second-order valence-corrected chi connectivity index (χ2v) is 7.70. The highest BCUT2D eigenvalue weighted by atomic mass is 35.5. The summed E-state index contributed by atoms with van der Waals surface area (Å²) in [7, 11) is 3.74. The highest BCUT2D eigenvalue weighted by Crippen LogP contribution is 2.32. The number of amides is 2. The van der Waals surface area contributed by atoms with E-state index in [0.29, 0.717) is 27.7 Å². The molecule has 28 heavy (non-hydrogen) atoms. The number of hydrogen-bond acceptors (Lipinski definition) is 4. The molecule has 0 bridgehead atoms. The van der Waals surface area contributed by atoms with Crippen LogP contribution in [0.3, 0.4) is 0 Å². The normalized spacial score (nSPS) is 10.4. The molecule has 0 fully saturated rings. The standard InChI is InChI=1S/C21H20ClN3O2S/c1-25(2)19-16(22)5-3-6-17(19)24-20(26)15-10-8-14(9-11-15)13-23-21(27)18-7-4-12-28-18/h3-12H,13H2,1-2H3,(H,23,27)(H,24,26). The van der Waals surface area contributed by atoms with Gasteiger partial charge in [-0.05, 0) is 41.3 Å². The fraction of sp³-hybridized carbons (Fsp3) is 0.143. The lowest BCUT2D eigenvalue weighted by Crippen LogP contribution is -2.21. The Balaban J connectivity index is 1.64. The summed E-state index contributed by atoms with van der Waals surface area (Å²) in [5, 5.41) is 8.20. The summed E-state index contributed by atoms with van der Waals surface area (Å²) in [4.78, 5) is 27.1. The Morgan fingerprint density at radius 3 is 2.39 bits per heavy atom. The Kier molecular flexibility index (Phi) is 6.34. The molecule has 144 valence electrons. The number of carbonyl (C=O) groups excluding carboxylic acids is 2. The van der Waals surface area contributed by atoms with Crippen molar-refractivity contribution in [2.24, 2.45) is 0 Å². The van der Waals surface area contributed by atoms with E-state index in [1.54, 1.807) is 30.3 Å². The second kappa shape index (κ2) is 8.91. The molecule has 3 rings (SSSR count). The van der Waals surface area contributed by atoms with Gasteiger partial charge in [-0.1, -0.05) is 35.9 Å². The first-order valence-corrected chi connectivity index (χ1v) is 9.89. The highest BCUT2D eigenvalue weighted by Gasteiger charge is 2.13. The lowest BCUT2D eigenvalue weighted by Gasteiger charge is -2.19. The third kappa shape index (κ3) is 4.71. The van der Waals surface area contributed by atoms with Crippen LogP contribution >= 0.6 is 22.9 Å². The summed E-state index contributed by atoms with van der Waals surface area (Å²) in [6.45, 7) is 0.400. The van der Waals surface area contributed by atoms with Crippen LogP contribution in [0.15, 0.2) is 60.0 Å². The van der Waals surface area contributed by atoms with Crippen molar-refractivity contribution in [1.29, 1.82) is 0 Å². The van der Waals surface area contributed by atoms with Crippen LogP contribution in [0.2, 0.25) is 5.02 Å². The number of anilines is 2. The van der Waals surface area contributed by atoms with Gasteiger partial charge in [-0.15, -0.1) is 11.3 Å². The van der Waals surface area contributed by atoms with E-state index in [4.69, 9.17) is 11.6 Å². The van der Waals surface area contributed by atoms with Crippen molar-refractivity contribution in [2.45, 2.75) is 6.54 Å². The maximum Gasteiger partial charge on any atom is 0.261 e. The summed E-state index contributed by atoms with van der Waals surface area (Å²) in [6, 6.07) is 16.1. The number of halogens is 1. The van der Waals surface area contributed by atoms with Crippen LogP contribution < -0.4 is 15.5 Å². The van der Waals surface area contributed by atoms with E-state index >= 15 is 0 Å². The number of hydrogen-bond donors (Lipinski definition) is 2. The Bertz CT molecular complexity index is 970. The zero-order valence-electron chi connectivity index (χ0n) is 15.5. The van der Waals surface area contributed by atoms with Gasteiger partial charge in [-0.2, -0.15) is 0 Å². The molecule has 2 aromatic carbocycles. The van der Waals surface area contributed by atoms with Gasteiger partial charge in [0.1, 0.15) is 0 Å². The number of para-hydroxylation sites is 1. The Morgan fingerprint density at radius 1 is 1.00 bits per heavy atom. The number of rotatable bonds is 6. The maximum absolute atomic E-state index is 12.6. The average Bonchev–Trinajstić information content (AvgIpc) is 3.21. The van der Waals surface area contributed by atoms with Gasteiger partial charge in [-0.3, -0.25) is 9.59 Å². The van der Waals surface area contributed by atoms with Crippen LogP contribution in [0, 0.1) is 0 Å². The topological polar surface area (TPSA) is 61.4 Å². The molecule has 2 amide bonds. The van der Waals surface area contributed by atoms with E-state index in [-0.39, 0.29) is 11.8 Å². The van der Waals surface area contributed by atoms with Crippen molar-refractivity contribution >= 4 is 46.1 Å². The van der Waals surface area contributed by atoms with Gasteiger partial charge in [0, 0.05) is 26.2 Å². The predicted molar refractivity (Wildman–Crippen MR) is 116 cm³/mol. The number of carbonyl (C=O) groups is 2. The summed E-state index contributed by atoms with van der Waals surface area (Å²) in [5.74, 6) is -0.325. The molecule has 0 saturated carbocycles. The Labute approximate surface area is 172 Å². The minimum absolute atomic E-state index is 0.103. The molecular formula is C21H20ClN3O2S. The molecule has 1 aromatic heterocycles. The minimum atomic E-state index is -0.223. The molecule has 7 heteroatoms. The zero-order valence-corrected chi connectivity index (χ0v) is 17.1. The number of nitrogens with one attached hydrogen (secondary N) is 2. The monoisotopic (exact) mass is 413 g/mol. The molecule has 0 aliphatic carbocycles. The molecular weight excluding hydrogens is 394 g/mol. The smallest absolute Gasteiger partial charge is 0.261 e. The van der Waals surface area contributed by atoms with Crippen LogP contribution in [-0.2, 0) is 6.54 Å². The van der Waals surface area contributed by atoms with E-state index in [9.17, 15) is 9.59 Å². The van der Waals surface area contributed by atoms with Gasteiger partial charge in [-0.25, -0.2) is 0 Å². The quantitative estimate of drug-likeness (QED) is 0.618. The van der Waals surface area contributed by atoms with Crippen molar-refractivity contribution in [2.75, 3.05) is 24.3 Å². The van der Waals surface area contributed by atoms with Crippen LogP contribution in [0.5, 0.6) is 0 Å². The number of nitrogens with zero attached hydrogens (tertiary/aromatic N) is 1. The summed E-state index contributed by atoms with van der Waals surface area (Å²) < 4.78 is 0. The van der Waals surface area contributed by atoms with Gasteiger partial charge >= 0.3 is 0 Å². The second-order valence-electron chi connectivity index (χ2n) is 6.34. The maximum atomic E-state index is 12.6. The first-order valence-electron chi connectivity index (χ1n) is 8.63. The summed E-state index contributed by atoms with van der Waals surface area (Å²) >= 11 is 7.64. The van der Waals surface area contributed by atoms with E-state index in [0.717, 1.165) is 11.3 Å². The van der Waals surface area contributed by atoms with E-state index in [2.05, 4.69) is 10.6 Å². The van der Waals surface area contributed by atoms with Crippen LogP contribution in [0.25, 0.3) is 0 Å². The third-order valence-electron chi connectivity index (χ3n) is 4.10. The van der Waals surface area contributed by atoms with E-state index < -0.39 is 0 Å². The molecule has 0 aliphatic rings. The van der Waals surface area contributed by atoms with E-state index in [1.807, 2.05) is 48.6 Å². The Hall–Kier alpha value is -2.83. The number of thiophene rings is 1. The van der Waals surface area contributed by atoms with Crippen molar-refractivity contribution in [3.8, 4) is 0 Å². The SMILES string of the molecule is CN(C)c1c(Cl)cccc1NC(=O)c1ccc(CNC(=O)c2cccs2)cc1. The zero-order chi connectivity index (χ0) is 20.1. The summed E-state index contributed by atoms with van der Waals surface area (Å²) in [5.41, 5.74) is 2.84. The highest BCUT2D eigenvalue weighted by molar-refractivity contribution is 7.12.